The molecule has 12 heteroatoms. The SMILES string of the molecule is CCOC(=O)c1sc(N2C(=O)C(=O)/C(=C(/O)c3ccc4c(c3)OCCO4)[C@H]2c2ccc(C(=O)OC)cc2)nc1C. The highest BCUT2D eigenvalue weighted by Crippen LogP contribution is 2.44. The van der Waals surface area contributed by atoms with Crippen molar-refractivity contribution in [3.8, 4) is 11.5 Å². The van der Waals surface area contributed by atoms with E-state index in [9.17, 15) is 24.3 Å². The smallest absolute Gasteiger partial charge is 0.350 e. The quantitative estimate of drug-likeness (QED) is 0.203. The molecule has 2 aliphatic heterocycles. The largest absolute Gasteiger partial charge is 0.507 e. The number of hydrogen-bond donors (Lipinski definition) is 1. The number of aryl methyl sites for hydroxylation is 1. The number of anilines is 1. The average Bonchev–Trinajstić information content (AvgIpc) is 3.48. The number of aliphatic hydroxyl groups excluding tert-OH is 1. The normalized spacial score (nSPS) is 17.6. The number of amides is 1. The van der Waals surface area contributed by atoms with Crippen LogP contribution in [0.1, 0.15) is 49.8 Å². The zero-order valence-electron chi connectivity index (χ0n) is 21.8. The van der Waals surface area contributed by atoms with Crippen molar-refractivity contribution in [3.05, 3.63) is 75.3 Å². The van der Waals surface area contributed by atoms with Crippen molar-refractivity contribution in [2.75, 3.05) is 31.8 Å². The van der Waals surface area contributed by atoms with Crippen LogP contribution in [-0.4, -0.2) is 60.6 Å². The van der Waals surface area contributed by atoms with Crippen molar-refractivity contribution >= 4 is 45.9 Å². The molecule has 0 radical (unpaired) electrons. The van der Waals surface area contributed by atoms with E-state index in [1.54, 1.807) is 38.1 Å². The lowest BCUT2D eigenvalue weighted by molar-refractivity contribution is -0.132. The number of ketones is 1. The molecule has 1 saturated heterocycles. The third-order valence-electron chi connectivity index (χ3n) is 6.36. The van der Waals surface area contributed by atoms with E-state index in [4.69, 9.17) is 18.9 Å². The minimum atomic E-state index is -1.12. The summed E-state index contributed by atoms with van der Waals surface area (Å²) in [6.45, 7) is 4.12. The fourth-order valence-electron chi connectivity index (χ4n) is 4.48. The zero-order chi connectivity index (χ0) is 28.6. The molecule has 0 unspecified atom stereocenters. The molecule has 1 fully saturated rings. The summed E-state index contributed by atoms with van der Waals surface area (Å²) in [7, 11) is 1.25. The Morgan fingerprint density at radius 1 is 1.05 bits per heavy atom. The summed E-state index contributed by atoms with van der Waals surface area (Å²) in [6, 6.07) is 9.65. The van der Waals surface area contributed by atoms with Crippen molar-refractivity contribution in [2.45, 2.75) is 19.9 Å². The molecular weight excluding hydrogens is 540 g/mol. The first-order chi connectivity index (χ1) is 19.2. The van der Waals surface area contributed by atoms with Crippen molar-refractivity contribution in [2.24, 2.45) is 0 Å². The lowest BCUT2D eigenvalue weighted by atomic mass is 9.94. The van der Waals surface area contributed by atoms with Gasteiger partial charge in [-0.1, -0.05) is 23.5 Å². The topological polar surface area (TPSA) is 142 Å². The zero-order valence-corrected chi connectivity index (χ0v) is 22.6. The van der Waals surface area contributed by atoms with E-state index in [1.165, 1.54) is 25.3 Å². The van der Waals surface area contributed by atoms with Gasteiger partial charge in [0.15, 0.2) is 16.6 Å². The second kappa shape index (κ2) is 10.8. The van der Waals surface area contributed by atoms with Crippen molar-refractivity contribution in [1.82, 2.24) is 4.98 Å². The second-order valence-electron chi connectivity index (χ2n) is 8.77. The Kier molecular flexibility index (Phi) is 7.26. The van der Waals surface area contributed by atoms with Crippen LogP contribution in [0.3, 0.4) is 0 Å². The van der Waals surface area contributed by atoms with Gasteiger partial charge < -0.3 is 24.1 Å². The summed E-state index contributed by atoms with van der Waals surface area (Å²) in [6.07, 6.45) is 0. The Morgan fingerprint density at radius 3 is 2.40 bits per heavy atom. The lowest BCUT2D eigenvalue weighted by Crippen LogP contribution is -2.29. The number of carbonyl (C=O) groups is 4. The number of hydrogen-bond acceptors (Lipinski definition) is 11. The molecule has 2 aromatic carbocycles. The highest BCUT2D eigenvalue weighted by Gasteiger charge is 2.48. The van der Waals surface area contributed by atoms with Crippen molar-refractivity contribution in [1.29, 1.82) is 0 Å². The average molecular weight is 565 g/mol. The Bertz CT molecular complexity index is 1560. The van der Waals surface area contributed by atoms with Crippen LogP contribution < -0.4 is 14.4 Å². The molecular formula is C28H24N2O9S. The Morgan fingerprint density at radius 2 is 1.73 bits per heavy atom. The van der Waals surface area contributed by atoms with Gasteiger partial charge in [-0.15, -0.1) is 0 Å². The number of ether oxygens (including phenoxy) is 4. The molecule has 0 bridgehead atoms. The number of Topliss-reactive ketones (excluding diaryl/α,β-unsaturated/α-hetero) is 1. The number of benzene rings is 2. The molecule has 1 N–H and O–H groups in total. The highest BCUT2D eigenvalue weighted by molar-refractivity contribution is 7.17. The van der Waals surface area contributed by atoms with E-state index in [-0.39, 0.29) is 33.3 Å². The summed E-state index contributed by atoms with van der Waals surface area (Å²) >= 11 is 0.901. The molecule has 5 rings (SSSR count). The Hall–Kier alpha value is -4.71. The monoisotopic (exact) mass is 564 g/mol. The van der Waals surface area contributed by atoms with Crippen LogP contribution in [0.2, 0.25) is 0 Å². The molecule has 40 heavy (non-hydrogen) atoms. The summed E-state index contributed by atoms with van der Waals surface area (Å²) in [4.78, 5) is 57.1. The molecule has 0 saturated carbocycles. The van der Waals surface area contributed by atoms with Gasteiger partial charge in [0, 0.05) is 5.56 Å². The third-order valence-corrected chi connectivity index (χ3v) is 7.50. The Balaban J connectivity index is 1.66. The van der Waals surface area contributed by atoms with Crippen LogP contribution in [0.15, 0.2) is 48.0 Å². The second-order valence-corrected chi connectivity index (χ2v) is 9.75. The van der Waals surface area contributed by atoms with E-state index < -0.39 is 35.4 Å². The van der Waals surface area contributed by atoms with E-state index in [0.29, 0.717) is 36.0 Å². The standard InChI is InChI=1S/C28H24N2O9S/c1-4-37-27(35)24-14(2)29-28(40-24)30-21(15-5-7-16(8-6-15)26(34)36-3)20(23(32)25(30)33)22(31)17-9-10-18-19(13-17)39-12-11-38-18/h5-10,13,21,31H,4,11-12H2,1-3H3/b22-20+/t21-/m1/s1. The number of nitrogens with zero attached hydrogens (tertiary/aromatic N) is 2. The number of aliphatic hydroxyl groups is 1. The summed E-state index contributed by atoms with van der Waals surface area (Å²) < 4.78 is 21.0. The first kappa shape index (κ1) is 26.9. The van der Waals surface area contributed by atoms with Crippen LogP contribution >= 0.6 is 11.3 Å². The summed E-state index contributed by atoms with van der Waals surface area (Å²) in [5.41, 5.74) is 1.03. The number of rotatable bonds is 6. The van der Waals surface area contributed by atoms with Gasteiger partial charge >= 0.3 is 17.8 Å². The predicted molar refractivity (Wildman–Crippen MR) is 143 cm³/mol. The highest BCUT2D eigenvalue weighted by atomic mass is 32.1. The van der Waals surface area contributed by atoms with Gasteiger partial charge in [0.1, 0.15) is 23.9 Å². The predicted octanol–water partition coefficient (Wildman–Crippen LogP) is 3.81. The maximum Gasteiger partial charge on any atom is 0.350 e. The molecule has 0 aliphatic carbocycles. The maximum atomic E-state index is 13.5. The fraction of sp³-hybridized carbons (Fsp3) is 0.250. The van der Waals surface area contributed by atoms with Crippen LogP contribution in [0, 0.1) is 6.92 Å². The maximum absolute atomic E-state index is 13.5. The van der Waals surface area contributed by atoms with Crippen LogP contribution in [0.5, 0.6) is 11.5 Å². The molecule has 1 amide bonds. The van der Waals surface area contributed by atoms with Crippen LogP contribution in [-0.2, 0) is 19.1 Å². The van der Waals surface area contributed by atoms with E-state index in [2.05, 4.69) is 4.98 Å². The number of fused-ring (bicyclic) bond motifs is 1. The molecule has 0 spiro atoms. The molecule has 3 heterocycles. The van der Waals surface area contributed by atoms with Crippen LogP contribution in [0.4, 0.5) is 5.13 Å². The van der Waals surface area contributed by atoms with Gasteiger partial charge in [-0.05, 0) is 49.7 Å². The molecule has 206 valence electrons. The van der Waals surface area contributed by atoms with Gasteiger partial charge in [0.25, 0.3) is 5.78 Å². The van der Waals surface area contributed by atoms with E-state index in [0.717, 1.165) is 16.2 Å². The molecule has 2 aliphatic rings. The molecule has 3 aromatic rings. The number of aromatic nitrogens is 1. The number of thiazole rings is 1. The molecule has 1 atom stereocenters. The van der Waals surface area contributed by atoms with Gasteiger partial charge in [0.2, 0.25) is 0 Å². The van der Waals surface area contributed by atoms with Gasteiger partial charge in [0.05, 0.1) is 36.6 Å². The van der Waals surface area contributed by atoms with Crippen molar-refractivity contribution < 1.29 is 43.2 Å². The first-order valence-electron chi connectivity index (χ1n) is 12.3. The third kappa shape index (κ3) is 4.66. The number of methoxy groups -OCH3 is 1. The fourth-order valence-corrected chi connectivity index (χ4v) is 5.47. The first-order valence-corrected chi connectivity index (χ1v) is 13.1. The molecule has 11 nitrogen and oxygen atoms in total. The minimum Gasteiger partial charge on any atom is -0.507 e. The lowest BCUT2D eigenvalue weighted by Gasteiger charge is -2.23. The van der Waals surface area contributed by atoms with Gasteiger partial charge in [-0.2, -0.15) is 0 Å². The van der Waals surface area contributed by atoms with Crippen molar-refractivity contribution in [3.63, 3.8) is 0 Å². The van der Waals surface area contributed by atoms with Crippen LogP contribution in [0.25, 0.3) is 5.76 Å². The molecule has 1 aromatic heterocycles. The Labute approximate surface area is 232 Å². The summed E-state index contributed by atoms with van der Waals surface area (Å²) in [5.74, 6) is -2.60. The summed E-state index contributed by atoms with van der Waals surface area (Å²) in [5, 5.41) is 11.5. The van der Waals surface area contributed by atoms with E-state index in [1.807, 2.05) is 0 Å². The van der Waals surface area contributed by atoms with Gasteiger partial charge in [-0.3, -0.25) is 14.5 Å². The number of carbonyl (C=O) groups excluding carboxylic acids is 4. The minimum absolute atomic E-state index is 0.0749. The number of esters is 2. The van der Waals surface area contributed by atoms with Gasteiger partial charge in [-0.25, -0.2) is 14.6 Å². The van der Waals surface area contributed by atoms with E-state index >= 15 is 0 Å².